The van der Waals surface area contributed by atoms with Crippen molar-refractivity contribution in [2.45, 2.75) is 19.3 Å². The zero-order valence-corrected chi connectivity index (χ0v) is 9.51. The molecule has 1 aromatic carbocycles. The first-order valence-electron chi connectivity index (χ1n) is 4.62. The zero-order valence-electron chi connectivity index (χ0n) is 7.51. The van der Waals surface area contributed by atoms with E-state index in [9.17, 15) is 0 Å². The predicted octanol–water partition coefficient (Wildman–Crippen LogP) is 1.24. The van der Waals surface area contributed by atoms with Gasteiger partial charge >= 0.3 is 0 Å². The number of benzene rings is 1. The first kappa shape index (κ1) is 7.81. The zero-order chi connectivity index (χ0) is 8.39. The van der Waals surface area contributed by atoms with Gasteiger partial charge < -0.3 is 0 Å². The van der Waals surface area contributed by atoms with Crippen molar-refractivity contribution in [3.63, 3.8) is 0 Å². The van der Waals surface area contributed by atoms with Crippen molar-refractivity contribution in [2.24, 2.45) is 0 Å². The smallest absolute Gasteiger partial charge is 0.0385 e. The SMILES string of the molecule is [SiH3]c1cccc(C2=CCCC2)c1. The van der Waals surface area contributed by atoms with Gasteiger partial charge in [0.1, 0.15) is 0 Å². The summed E-state index contributed by atoms with van der Waals surface area (Å²) in [5.41, 5.74) is 3.02. The molecule has 1 aliphatic carbocycles. The molecule has 0 nitrogen and oxygen atoms in total. The Hall–Kier alpha value is -0.823. The van der Waals surface area contributed by atoms with E-state index < -0.39 is 0 Å². The Bertz CT molecular complexity index is 313. The molecule has 0 fully saturated rings. The maximum Gasteiger partial charge on any atom is 0.0385 e. The van der Waals surface area contributed by atoms with Crippen molar-refractivity contribution in [2.75, 3.05) is 0 Å². The highest BCUT2D eigenvalue weighted by molar-refractivity contribution is 6.32. The fraction of sp³-hybridized carbons (Fsp3) is 0.273. The van der Waals surface area contributed by atoms with Gasteiger partial charge in [0.2, 0.25) is 0 Å². The quantitative estimate of drug-likeness (QED) is 0.562. The van der Waals surface area contributed by atoms with E-state index in [1.54, 1.807) is 5.57 Å². The Morgan fingerprint density at radius 1 is 1.25 bits per heavy atom. The van der Waals surface area contributed by atoms with Crippen LogP contribution in [0.2, 0.25) is 0 Å². The molecular formula is C11H14Si. The Morgan fingerprint density at radius 3 is 2.83 bits per heavy atom. The molecular weight excluding hydrogens is 160 g/mol. The highest BCUT2D eigenvalue weighted by atomic mass is 28.1. The highest BCUT2D eigenvalue weighted by Gasteiger charge is 2.05. The van der Waals surface area contributed by atoms with Crippen LogP contribution in [0, 0.1) is 0 Å². The van der Waals surface area contributed by atoms with Crippen LogP contribution in [0.4, 0.5) is 0 Å². The van der Waals surface area contributed by atoms with Crippen molar-refractivity contribution in [3.05, 3.63) is 35.9 Å². The van der Waals surface area contributed by atoms with Gasteiger partial charge in [0, 0.05) is 10.2 Å². The largest absolute Gasteiger partial charge is 0.0807 e. The Labute approximate surface area is 76.7 Å². The summed E-state index contributed by atoms with van der Waals surface area (Å²) in [5, 5.41) is 1.50. The molecule has 0 N–H and O–H groups in total. The minimum absolute atomic E-state index is 1.17. The van der Waals surface area contributed by atoms with Crippen molar-refractivity contribution < 1.29 is 0 Å². The average Bonchev–Trinajstić information content (AvgIpc) is 2.56. The summed E-state index contributed by atoms with van der Waals surface area (Å²) in [7, 11) is 1.17. The Balaban J connectivity index is 2.33. The molecule has 0 atom stereocenters. The molecule has 0 unspecified atom stereocenters. The molecule has 12 heavy (non-hydrogen) atoms. The second kappa shape index (κ2) is 3.28. The molecule has 0 saturated heterocycles. The minimum Gasteiger partial charge on any atom is -0.0807 e. The molecule has 0 spiro atoms. The van der Waals surface area contributed by atoms with Crippen LogP contribution in [-0.4, -0.2) is 10.2 Å². The highest BCUT2D eigenvalue weighted by Crippen LogP contribution is 2.26. The molecule has 0 amide bonds. The standard InChI is InChI=1S/C11H14Si/c12-11-7-3-6-10(8-11)9-4-1-2-5-9/h3-4,6-8H,1-2,5H2,12H3. The van der Waals surface area contributed by atoms with Crippen molar-refractivity contribution >= 4 is 21.0 Å². The first-order valence-corrected chi connectivity index (χ1v) is 5.62. The number of hydrogen-bond donors (Lipinski definition) is 0. The van der Waals surface area contributed by atoms with E-state index >= 15 is 0 Å². The summed E-state index contributed by atoms with van der Waals surface area (Å²) >= 11 is 0. The summed E-state index contributed by atoms with van der Waals surface area (Å²) in [4.78, 5) is 0. The maximum atomic E-state index is 2.39. The fourth-order valence-corrected chi connectivity index (χ4v) is 2.28. The Kier molecular flexibility index (Phi) is 2.13. The summed E-state index contributed by atoms with van der Waals surface area (Å²) in [5.74, 6) is 0. The second-order valence-corrected chi connectivity index (χ2v) is 4.65. The summed E-state index contributed by atoms with van der Waals surface area (Å²) in [6.07, 6.45) is 6.29. The van der Waals surface area contributed by atoms with Crippen molar-refractivity contribution in [1.29, 1.82) is 0 Å². The molecule has 0 bridgehead atoms. The van der Waals surface area contributed by atoms with Crippen LogP contribution in [0.25, 0.3) is 5.57 Å². The molecule has 1 heteroatoms. The lowest BCUT2D eigenvalue weighted by molar-refractivity contribution is 0.935. The predicted molar refractivity (Wildman–Crippen MR) is 57.8 cm³/mol. The summed E-state index contributed by atoms with van der Waals surface area (Å²) in [6.45, 7) is 0. The lowest BCUT2D eigenvalue weighted by Crippen LogP contribution is -2.01. The molecule has 0 radical (unpaired) electrons. The van der Waals surface area contributed by atoms with Gasteiger partial charge in [-0.05, 0) is 30.4 Å². The van der Waals surface area contributed by atoms with E-state index in [1.165, 1.54) is 40.3 Å². The van der Waals surface area contributed by atoms with Crippen LogP contribution in [0.15, 0.2) is 30.3 Å². The molecule has 0 aromatic heterocycles. The lowest BCUT2D eigenvalue weighted by Gasteiger charge is -2.02. The topological polar surface area (TPSA) is 0 Å². The van der Waals surface area contributed by atoms with Crippen LogP contribution in [-0.2, 0) is 0 Å². The third-order valence-electron chi connectivity index (χ3n) is 2.43. The molecule has 1 aliphatic rings. The fourth-order valence-electron chi connectivity index (χ4n) is 1.78. The van der Waals surface area contributed by atoms with E-state index in [0.717, 1.165) is 0 Å². The minimum atomic E-state index is 1.17. The lowest BCUT2D eigenvalue weighted by atomic mass is 10.1. The van der Waals surface area contributed by atoms with Crippen molar-refractivity contribution in [3.8, 4) is 0 Å². The third kappa shape index (κ3) is 1.51. The number of hydrogen-bond acceptors (Lipinski definition) is 0. The van der Waals surface area contributed by atoms with E-state index in [-0.39, 0.29) is 0 Å². The van der Waals surface area contributed by atoms with Crippen LogP contribution < -0.4 is 5.19 Å². The molecule has 1 aromatic rings. The van der Waals surface area contributed by atoms with Crippen LogP contribution in [0.5, 0.6) is 0 Å². The molecule has 62 valence electrons. The Morgan fingerprint density at radius 2 is 2.17 bits per heavy atom. The van der Waals surface area contributed by atoms with Gasteiger partial charge in [0.25, 0.3) is 0 Å². The molecule has 2 rings (SSSR count). The van der Waals surface area contributed by atoms with E-state index in [2.05, 4.69) is 30.3 Å². The normalized spacial score (nSPS) is 16.5. The third-order valence-corrected chi connectivity index (χ3v) is 3.05. The van der Waals surface area contributed by atoms with Crippen molar-refractivity contribution in [1.82, 2.24) is 0 Å². The summed E-state index contributed by atoms with van der Waals surface area (Å²) < 4.78 is 0. The van der Waals surface area contributed by atoms with E-state index in [0.29, 0.717) is 0 Å². The molecule has 0 aliphatic heterocycles. The maximum absolute atomic E-state index is 2.39. The number of allylic oxidation sites excluding steroid dienone is 2. The van der Waals surface area contributed by atoms with Gasteiger partial charge in [-0.25, -0.2) is 0 Å². The van der Waals surface area contributed by atoms with Gasteiger partial charge in [-0.2, -0.15) is 0 Å². The first-order chi connectivity index (χ1) is 5.86. The van der Waals surface area contributed by atoms with Crippen LogP contribution >= 0.6 is 0 Å². The van der Waals surface area contributed by atoms with Gasteiger partial charge in [-0.3, -0.25) is 0 Å². The van der Waals surface area contributed by atoms with Crippen LogP contribution in [0.3, 0.4) is 0 Å². The summed E-state index contributed by atoms with van der Waals surface area (Å²) in [6, 6.07) is 8.96. The van der Waals surface area contributed by atoms with E-state index in [4.69, 9.17) is 0 Å². The van der Waals surface area contributed by atoms with Gasteiger partial charge in [-0.15, -0.1) is 0 Å². The van der Waals surface area contributed by atoms with Gasteiger partial charge in [-0.1, -0.05) is 35.5 Å². The average molecular weight is 174 g/mol. The van der Waals surface area contributed by atoms with Gasteiger partial charge in [0.05, 0.1) is 0 Å². The van der Waals surface area contributed by atoms with E-state index in [1.807, 2.05) is 0 Å². The molecule has 0 heterocycles. The van der Waals surface area contributed by atoms with Crippen LogP contribution in [0.1, 0.15) is 24.8 Å². The monoisotopic (exact) mass is 174 g/mol. The van der Waals surface area contributed by atoms with Gasteiger partial charge in [0.15, 0.2) is 0 Å². The second-order valence-electron chi connectivity index (χ2n) is 3.49. The molecule has 0 saturated carbocycles. The number of rotatable bonds is 1.